The fourth-order valence-electron chi connectivity index (χ4n) is 1.54. The van der Waals surface area contributed by atoms with E-state index in [2.05, 4.69) is 5.32 Å². The van der Waals surface area contributed by atoms with Gasteiger partial charge in [0.2, 0.25) is 5.91 Å². The standard InChI is InChI=1S/C11H13NO3S/c13-9(4-3-8-2-1-7-16-8)12-11(5-6-11)10(14)15/h1-2,7H,3-6H2,(H,12,13)(H,14,15). The molecule has 1 saturated carbocycles. The fraction of sp³-hybridized carbons (Fsp3) is 0.455. The second-order valence-electron chi connectivity index (χ2n) is 4.01. The summed E-state index contributed by atoms with van der Waals surface area (Å²) in [5.74, 6) is -1.09. The first-order valence-corrected chi connectivity index (χ1v) is 6.07. The summed E-state index contributed by atoms with van der Waals surface area (Å²) in [7, 11) is 0. The van der Waals surface area contributed by atoms with Crippen LogP contribution in [0.5, 0.6) is 0 Å². The molecule has 0 radical (unpaired) electrons. The zero-order chi connectivity index (χ0) is 11.6. The quantitative estimate of drug-likeness (QED) is 0.816. The molecule has 1 aliphatic rings. The lowest BCUT2D eigenvalue weighted by Gasteiger charge is -2.11. The van der Waals surface area contributed by atoms with E-state index in [0.29, 0.717) is 25.7 Å². The van der Waals surface area contributed by atoms with Crippen LogP contribution in [0.2, 0.25) is 0 Å². The highest BCUT2D eigenvalue weighted by molar-refractivity contribution is 7.09. The van der Waals surface area contributed by atoms with Crippen molar-refractivity contribution in [1.29, 1.82) is 0 Å². The molecule has 2 N–H and O–H groups in total. The lowest BCUT2D eigenvalue weighted by atomic mass is 10.2. The van der Waals surface area contributed by atoms with Gasteiger partial charge in [-0.3, -0.25) is 4.79 Å². The summed E-state index contributed by atoms with van der Waals surface area (Å²) in [4.78, 5) is 23.5. The number of thiophene rings is 1. The van der Waals surface area contributed by atoms with Gasteiger partial charge in [-0.15, -0.1) is 11.3 Å². The summed E-state index contributed by atoms with van der Waals surface area (Å²) in [5.41, 5.74) is -0.952. The van der Waals surface area contributed by atoms with Crippen LogP contribution >= 0.6 is 11.3 Å². The molecule has 0 unspecified atom stereocenters. The smallest absolute Gasteiger partial charge is 0.329 e. The van der Waals surface area contributed by atoms with E-state index in [0.717, 1.165) is 4.88 Å². The Balaban J connectivity index is 1.79. The number of nitrogens with one attached hydrogen (secondary N) is 1. The molecule has 2 rings (SSSR count). The molecule has 1 aromatic rings. The first-order valence-electron chi connectivity index (χ1n) is 5.19. The number of hydrogen-bond acceptors (Lipinski definition) is 3. The number of carbonyl (C=O) groups excluding carboxylic acids is 1. The molecule has 0 spiro atoms. The molecule has 0 saturated heterocycles. The van der Waals surface area contributed by atoms with Crippen LogP contribution in [0, 0.1) is 0 Å². The number of hydrogen-bond donors (Lipinski definition) is 2. The van der Waals surface area contributed by atoms with E-state index < -0.39 is 11.5 Å². The van der Waals surface area contributed by atoms with Crippen LogP contribution in [0.1, 0.15) is 24.1 Å². The second kappa shape index (κ2) is 4.25. The van der Waals surface area contributed by atoms with Gasteiger partial charge in [0.25, 0.3) is 0 Å². The Labute approximate surface area is 97.3 Å². The average Bonchev–Trinajstić information content (AvgIpc) is 2.84. The van der Waals surface area contributed by atoms with Gasteiger partial charge in [-0.25, -0.2) is 4.79 Å². The topological polar surface area (TPSA) is 66.4 Å². The summed E-state index contributed by atoms with van der Waals surface area (Å²) < 4.78 is 0. The fourth-order valence-corrected chi connectivity index (χ4v) is 2.25. The SMILES string of the molecule is O=C(CCc1cccs1)NC1(C(=O)O)CC1. The van der Waals surface area contributed by atoms with Gasteiger partial charge in [-0.1, -0.05) is 6.07 Å². The summed E-state index contributed by atoms with van der Waals surface area (Å²) in [6, 6.07) is 3.92. The summed E-state index contributed by atoms with van der Waals surface area (Å²) in [6.07, 6.45) is 2.13. The lowest BCUT2D eigenvalue weighted by molar-refractivity contribution is -0.143. The summed E-state index contributed by atoms with van der Waals surface area (Å²) in [6.45, 7) is 0. The van der Waals surface area contributed by atoms with Crippen molar-refractivity contribution >= 4 is 23.2 Å². The maximum atomic E-state index is 11.5. The number of carbonyl (C=O) groups is 2. The maximum Gasteiger partial charge on any atom is 0.329 e. The Bertz CT molecular complexity index is 395. The molecule has 0 bridgehead atoms. The van der Waals surface area contributed by atoms with Crippen LogP contribution in [0.3, 0.4) is 0 Å². The number of carboxylic acid groups (broad SMARTS) is 1. The van der Waals surface area contributed by atoms with Gasteiger partial charge in [0.05, 0.1) is 0 Å². The number of rotatable bonds is 5. The predicted octanol–water partition coefficient (Wildman–Crippen LogP) is 1.41. The Kier molecular flexibility index (Phi) is 2.96. The van der Waals surface area contributed by atoms with Crippen molar-refractivity contribution in [2.75, 3.05) is 0 Å². The van der Waals surface area contributed by atoms with Crippen LogP contribution < -0.4 is 5.32 Å². The van der Waals surface area contributed by atoms with Crippen molar-refractivity contribution in [2.45, 2.75) is 31.2 Å². The highest BCUT2D eigenvalue weighted by Gasteiger charge is 2.51. The molecule has 0 aromatic carbocycles. The molecule has 5 heteroatoms. The van der Waals surface area contributed by atoms with Crippen LogP contribution in [-0.4, -0.2) is 22.5 Å². The molecule has 1 aromatic heterocycles. The third-order valence-corrected chi connectivity index (χ3v) is 3.65. The van der Waals surface area contributed by atoms with E-state index >= 15 is 0 Å². The van der Waals surface area contributed by atoms with Gasteiger partial charge in [-0.2, -0.15) is 0 Å². The normalized spacial score (nSPS) is 16.8. The molecule has 4 nitrogen and oxygen atoms in total. The largest absolute Gasteiger partial charge is 0.480 e. The molecule has 1 heterocycles. The van der Waals surface area contributed by atoms with Gasteiger partial charge in [0.15, 0.2) is 0 Å². The van der Waals surface area contributed by atoms with Gasteiger partial charge in [0, 0.05) is 11.3 Å². The molecule has 16 heavy (non-hydrogen) atoms. The molecule has 0 atom stereocenters. The Morgan fingerprint density at radius 1 is 1.50 bits per heavy atom. The lowest BCUT2D eigenvalue weighted by Crippen LogP contribution is -2.43. The molecule has 0 aliphatic heterocycles. The van der Waals surface area contributed by atoms with E-state index in [1.807, 2.05) is 17.5 Å². The van der Waals surface area contributed by atoms with E-state index in [9.17, 15) is 9.59 Å². The Morgan fingerprint density at radius 2 is 2.25 bits per heavy atom. The molecule has 1 amide bonds. The van der Waals surface area contributed by atoms with E-state index in [1.165, 1.54) is 0 Å². The summed E-state index contributed by atoms with van der Waals surface area (Å²) >= 11 is 1.61. The highest BCUT2D eigenvalue weighted by Crippen LogP contribution is 2.35. The third kappa shape index (κ3) is 2.41. The van der Waals surface area contributed by atoms with E-state index in [-0.39, 0.29) is 5.91 Å². The number of aliphatic carboxylic acids is 1. The van der Waals surface area contributed by atoms with Crippen molar-refractivity contribution in [2.24, 2.45) is 0 Å². The predicted molar refractivity (Wildman–Crippen MR) is 60.4 cm³/mol. The minimum Gasteiger partial charge on any atom is -0.480 e. The monoisotopic (exact) mass is 239 g/mol. The number of carboxylic acids is 1. The van der Waals surface area contributed by atoms with Crippen molar-refractivity contribution in [3.05, 3.63) is 22.4 Å². The first-order chi connectivity index (χ1) is 7.62. The van der Waals surface area contributed by atoms with Crippen molar-refractivity contribution in [3.8, 4) is 0 Å². The van der Waals surface area contributed by atoms with Gasteiger partial charge in [-0.05, 0) is 30.7 Å². The van der Waals surface area contributed by atoms with Crippen molar-refractivity contribution in [1.82, 2.24) is 5.32 Å². The van der Waals surface area contributed by atoms with Crippen molar-refractivity contribution < 1.29 is 14.7 Å². The maximum absolute atomic E-state index is 11.5. The number of aryl methyl sites for hydroxylation is 1. The average molecular weight is 239 g/mol. The van der Waals surface area contributed by atoms with E-state index in [4.69, 9.17) is 5.11 Å². The molecule has 1 aliphatic carbocycles. The number of amides is 1. The third-order valence-electron chi connectivity index (χ3n) is 2.72. The first kappa shape index (κ1) is 11.1. The molecular formula is C11H13NO3S. The zero-order valence-corrected chi connectivity index (χ0v) is 9.55. The Morgan fingerprint density at radius 3 is 2.75 bits per heavy atom. The summed E-state index contributed by atoms with van der Waals surface area (Å²) in [5, 5.41) is 13.5. The molecular weight excluding hydrogens is 226 g/mol. The molecule has 86 valence electrons. The van der Waals surface area contributed by atoms with Crippen LogP contribution in [0.4, 0.5) is 0 Å². The highest BCUT2D eigenvalue weighted by atomic mass is 32.1. The van der Waals surface area contributed by atoms with Crippen LogP contribution in [0.15, 0.2) is 17.5 Å². The second-order valence-corrected chi connectivity index (χ2v) is 5.05. The van der Waals surface area contributed by atoms with Crippen LogP contribution in [0.25, 0.3) is 0 Å². The van der Waals surface area contributed by atoms with Gasteiger partial charge < -0.3 is 10.4 Å². The van der Waals surface area contributed by atoms with Gasteiger partial charge in [0.1, 0.15) is 5.54 Å². The van der Waals surface area contributed by atoms with E-state index in [1.54, 1.807) is 11.3 Å². The van der Waals surface area contributed by atoms with Crippen molar-refractivity contribution in [3.63, 3.8) is 0 Å². The molecule has 1 fully saturated rings. The Hall–Kier alpha value is -1.36. The minimum atomic E-state index is -0.952. The van der Waals surface area contributed by atoms with Crippen LogP contribution in [-0.2, 0) is 16.0 Å². The minimum absolute atomic E-state index is 0.173. The zero-order valence-electron chi connectivity index (χ0n) is 8.73. The van der Waals surface area contributed by atoms with Gasteiger partial charge >= 0.3 is 5.97 Å².